The van der Waals surface area contributed by atoms with Gasteiger partial charge in [0.05, 0.1) is 16.6 Å². The minimum absolute atomic E-state index is 0.227. The molecule has 1 aliphatic rings. The monoisotopic (exact) mass is 373 g/mol. The molecule has 2 heterocycles. The zero-order valence-electron chi connectivity index (χ0n) is 14.1. The highest BCUT2D eigenvalue weighted by Crippen LogP contribution is 2.30. The molecule has 1 aromatic heterocycles. The zero-order valence-corrected chi connectivity index (χ0v) is 14.9. The third kappa shape index (κ3) is 4.32. The van der Waals surface area contributed by atoms with Gasteiger partial charge < -0.3 is 15.3 Å². The molecule has 0 saturated carbocycles. The number of hydrogen-bond donors (Lipinski definition) is 2. The highest BCUT2D eigenvalue weighted by molar-refractivity contribution is 6.33. The van der Waals surface area contributed by atoms with Crippen LogP contribution in [0.3, 0.4) is 0 Å². The fourth-order valence-electron chi connectivity index (χ4n) is 3.15. The van der Waals surface area contributed by atoms with E-state index in [2.05, 4.69) is 15.2 Å². The normalized spacial score (nSPS) is 17.7. The van der Waals surface area contributed by atoms with Crippen LogP contribution in [0, 0.1) is 5.92 Å². The van der Waals surface area contributed by atoms with Crippen LogP contribution >= 0.6 is 11.6 Å². The number of para-hydroxylation sites is 1. The van der Waals surface area contributed by atoms with Crippen LogP contribution in [0.1, 0.15) is 12.0 Å². The Morgan fingerprint density at radius 2 is 2.00 bits per heavy atom. The smallest absolute Gasteiger partial charge is 0.326 e. The molecule has 136 valence electrons. The van der Waals surface area contributed by atoms with Gasteiger partial charge in [0.15, 0.2) is 0 Å². The first-order valence-electron chi connectivity index (χ1n) is 8.46. The van der Waals surface area contributed by atoms with E-state index in [4.69, 9.17) is 11.6 Å². The first-order valence-corrected chi connectivity index (χ1v) is 8.84. The van der Waals surface area contributed by atoms with Crippen molar-refractivity contribution in [2.45, 2.75) is 18.9 Å². The molecule has 0 aliphatic carbocycles. The predicted molar refractivity (Wildman–Crippen MR) is 99.3 cm³/mol. The third-order valence-corrected chi connectivity index (χ3v) is 4.88. The summed E-state index contributed by atoms with van der Waals surface area (Å²) in [5, 5.41) is 12.8. The highest BCUT2D eigenvalue weighted by atomic mass is 35.5. The number of hydrogen-bond acceptors (Lipinski definition) is 4. The van der Waals surface area contributed by atoms with Crippen molar-refractivity contribution >= 4 is 29.2 Å². The molecular weight excluding hydrogens is 354 g/mol. The summed E-state index contributed by atoms with van der Waals surface area (Å²) in [7, 11) is 0. The second-order valence-electron chi connectivity index (χ2n) is 6.34. The number of nitrogens with one attached hydrogen (secondary N) is 1. The summed E-state index contributed by atoms with van der Waals surface area (Å²) in [6.45, 7) is 1.24. The molecule has 2 atom stereocenters. The summed E-state index contributed by atoms with van der Waals surface area (Å²) in [6.07, 6.45) is 4.10. The molecule has 3 rings (SSSR count). The fourth-order valence-corrected chi connectivity index (χ4v) is 3.40. The molecule has 1 aliphatic heterocycles. The number of halogens is 1. The van der Waals surface area contributed by atoms with Crippen LogP contribution in [0.15, 0.2) is 48.8 Å². The minimum atomic E-state index is -1.05. The number of amides is 1. The molecule has 2 aromatic rings. The maximum absolute atomic E-state index is 12.6. The van der Waals surface area contributed by atoms with Crippen molar-refractivity contribution in [2.24, 2.45) is 5.92 Å². The van der Waals surface area contributed by atoms with Crippen molar-refractivity contribution < 1.29 is 14.7 Å². The Morgan fingerprint density at radius 1 is 1.27 bits per heavy atom. The lowest BCUT2D eigenvalue weighted by Gasteiger charge is -2.21. The molecule has 7 heteroatoms. The second kappa shape index (κ2) is 8.19. The van der Waals surface area contributed by atoms with Crippen molar-refractivity contribution in [1.82, 2.24) is 10.3 Å². The molecule has 2 N–H and O–H groups in total. The van der Waals surface area contributed by atoms with Gasteiger partial charge in [-0.3, -0.25) is 9.78 Å². The number of benzene rings is 1. The van der Waals surface area contributed by atoms with Gasteiger partial charge in [0, 0.05) is 31.9 Å². The fraction of sp³-hybridized carbons (Fsp3) is 0.316. The maximum Gasteiger partial charge on any atom is 0.326 e. The number of carbonyl (C=O) groups excluding carboxylic acids is 1. The molecule has 0 bridgehead atoms. The number of anilines is 1. The van der Waals surface area contributed by atoms with E-state index in [0.717, 1.165) is 11.3 Å². The van der Waals surface area contributed by atoms with Gasteiger partial charge in [0.1, 0.15) is 6.04 Å². The minimum Gasteiger partial charge on any atom is -0.480 e. The quantitative estimate of drug-likeness (QED) is 0.812. The summed E-state index contributed by atoms with van der Waals surface area (Å²) in [5.41, 5.74) is 1.72. The number of carboxylic acid groups (broad SMARTS) is 1. The Kier molecular flexibility index (Phi) is 5.73. The summed E-state index contributed by atoms with van der Waals surface area (Å²) < 4.78 is 0. The average Bonchev–Trinajstić information content (AvgIpc) is 3.12. The molecule has 2 unspecified atom stereocenters. The molecule has 26 heavy (non-hydrogen) atoms. The lowest BCUT2D eigenvalue weighted by molar-refractivity contribution is -0.142. The van der Waals surface area contributed by atoms with Crippen molar-refractivity contribution in [3.63, 3.8) is 0 Å². The molecule has 0 spiro atoms. The zero-order chi connectivity index (χ0) is 18.5. The number of rotatable bonds is 6. The van der Waals surface area contributed by atoms with E-state index < -0.39 is 12.0 Å². The maximum atomic E-state index is 12.6. The van der Waals surface area contributed by atoms with Crippen LogP contribution in [0.2, 0.25) is 5.02 Å². The molecule has 6 nitrogen and oxygen atoms in total. The van der Waals surface area contributed by atoms with Gasteiger partial charge in [-0.15, -0.1) is 0 Å². The number of carboxylic acids is 1. The lowest BCUT2D eigenvalue weighted by Crippen LogP contribution is -2.45. The van der Waals surface area contributed by atoms with Gasteiger partial charge in [-0.05, 0) is 36.2 Å². The van der Waals surface area contributed by atoms with Crippen LogP contribution in [0.4, 0.5) is 5.69 Å². The van der Waals surface area contributed by atoms with Gasteiger partial charge in [0.25, 0.3) is 0 Å². The van der Waals surface area contributed by atoms with Crippen molar-refractivity contribution in [1.29, 1.82) is 0 Å². The Balaban J connectivity index is 1.62. The van der Waals surface area contributed by atoms with Crippen molar-refractivity contribution in [2.75, 3.05) is 18.0 Å². The third-order valence-electron chi connectivity index (χ3n) is 4.56. The SMILES string of the molecule is O=C(NC(Cc1ccncc1)C(=O)O)C1CCN(c2ccccc2Cl)C1. The highest BCUT2D eigenvalue weighted by Gasteiger charge is 2.31. The summed E-state index contributed by atoms with van der Waals surface area (Å²) in [6, 6.07) is 10.0. The standard InChI is InChI=1S/C19H20ClN3O3/c20-15-3-1-2-4-17(15)23-10-7-14(12-23)18(24)22-16(19(25)26)11-13-5-8-21-9-6-13/h1-6,8-9,14,16H,7,10-12H2,(H,22,24)(H,25,26). The number of pyridine rings is 1. The van der Waals surface area contributed by atoms with Gasteiger partial charge in [-0.2, -0.15) is 0 Å². The van der Waals surface area contributed by atoms with Gasteiger partial charge in [-0.25, -0.2) is 4.79 Å². The number of nitrogens with zero attached hydrogens (tertiary/aromatic N) is 2. The molecule has 1 saturated heterocycles. The average molecular weight is 374 g/mol. The topological polar surface area (TPSA) is 82.5 Å². The van der Waals surface area contributed by atoms with Gasteiger partial charge >= 0.3 is 5.97 Å². The van der Waals surface area contributed by atoms with Crippen LogP contribution < -0.4 is 10.2 Å². The van der Waals surface area contributed by atoms with E-state index in [9.17, 15) is 14.7 Å². The Hall–Kier alpha value is -2.60. The van der Waals surface area contributed by atoms with E-state index in [1.165, 1.54) is 0 Å². The van der Waals surface area contributed by atoms with Gasteiger partial charge in [0.2, 0.25) is 5.91 Å². The van der Waals surface area contributed by atoms with E-state index in [1.807, 2.05) is 24.3 Å². The lowest BCUT2D eigenvalue weighted by atomic mass is 10.0. The van der Waals surface area contributed by atoms with Crippen molar-refractivity contribution in [3.8, 4) is 0 Å². The first kappa shape index (κ1) is 18.2. The van der Waals surface area contributed by atoms with E-state index in [0.29, 0.717) is 24.5 Å². The van der Waals surface area contributed by atoms with Gasteiger partial charge in [-0.1, -0.05) is 23.7 Å². The Labute approximate surface area is 156 Å². The Morgan fingerprint density at radius 3 is 2.69 bits per heavy atom. The molecule has 0 radical (unpaired) electrons. The van der Waals surface area contributed by atoms with Crippen LogP contribution in [0.25, 0.3) is 0 Å². The largest absolute Gasteiger partial charge is 0.480 e. The first-order chi connectivity index (χ1) is 12.5. The van der Waals surface area contributed by atoms with Crippen LogP contribution in [-0.4, -0.2) is 41.1 Å². The Bertz CT molecular complexity index is 785. The van der Waals surface area contributed by atoms with Crippen molar-refractivity contribution in [3.05, 3.63) is 59.4 Å². The van der Waals surface area contributed by atoms with Crippen LogP contribution in [0.5, 0.6) is 0 Å². The molecule has 1 aromatic carbocycles. The van der Waals surface area contributed by atoms with E-state index >= 15 is 0 Å². The second-order valence-corrected chi connectivity index (χ2v) is 6.75. The summed E-state index contributed by atoms with van der Waals surface area (Å²) in [4.78, 5) is 30.1. The summed E-state index contributed by atoms with van der Waals surface area (Å²) >= 11 is 6.22. The molecule has 1 fully saturated rings. The summed E-state index contributed by atoms with van der Waals surface area (Å²) in [5.74, 6) is -1.54. The van der Waals surface area contributed by atoms with Crippen LogP contribution in [-0.2, 0) is 16.0 Å². The number of carbonyl (C=O) groups is 2. The molecular formula is C19H20ClN3O3. The predicted octanol–water partition coefficient (Wildman–Crippen LogP) is 2.37. The van der Waals surface area contributed by atoms with E-state index in [1.54, 1.807) is 24.5 Å². The number of aliphatic carboxylic acids is 1. The van der Waals surface area contributed by atoms with E-state index in [-0.39, 0.29) is 18.2 Å². The molecule has 1 amide bonds. The number of aromatic nitrogens is 1.